The number of nitrogens with one attached hydrogen (secondary N) is 1. The number of benzene rings is 2. The third-order valence-electron chi connectivity index (χ3n) is 6.23. The maximum atomic E-state index is 13.3. The van der Waals surface area contributed by atoms with Gasteiger partial charge in [0.25, 0.3) is 5.91 Å². The molecule has 32 heavy (non-hydrogen) atoms. The normalized spacial score (nSPS) is 20.5. The van der Waals surface area contributed by atoms with Crippen molar-refractivity contribution in [3.63, 3.8) is 0 Å². The highest BCUT2D eigenvalue weighted by Crippen LogP contribution is 2.22. The van der Waals surface area contributed by atoms with Crippen LogP contribution in [0.1, 0.15) is 34.8 Å². The van der Waals surface area contributed by atoms with E-state index in [0.717, 1.165) is 51.3 Å². The summed E-state index contributed by atoms with van der Waals surface area (Å²) in [5.74, 6) is -0.247. The lowest BCUT2D eigenvalue weighted by Crippen LogP contribution is -2.48. The van der Waals surface area contributed by atoms with E-state index in [-0.39, 0.29) is 23.8 Å². The van der Waals surface area contributed by atoms with E-state index in [4.69, 9.17) is 16.3 Å². The third kappa shape index (κ3) is 5.88. The molecule has 2 aliphatic rings. The Balaban J connectivity index is 1.41. The molecule has 2 amide bonds. The average molecular weight is 456 g/mol. The van der Waals surface area contributed by atoms with Crippen molar-refractivity contribution in [3.8, 4) is 0 Å². The molecular formula is C25H30ClN3O3. The molecule has 0 aromatic heterocycles. The van der Waals surface area contributed by atoms with Crippen molar-refractivity contribution >= 4 is 23.4 Å². The summed E-state index contributed by atoms with van der Waals surface area (Å²) in [5.41, 5.74) is 1.70. The van der Waals surface area contributed by atoms with Crippen LogP contribution >= 0.6 is 11.6 Å². The highest BCUT2D eigenvalue weighted by Gasteiger charge is 2.30. The second kappa shape index (κ2) is 10.9. The number of piperidine rings is 1. The number of carbonyl (C=O) groups is 2. The fourth-order valence-electron chi connectivity index (χ4n) is 4.40. The van der Waals surface area contributed by atoms with Crippen molar-refractivity contribution in [2.24, 2.45) is 5.92 Å². The predicted octanol–water partition coefficient (Wildman–Crippen LogP) is 3.38. The van der Waals surface area contributed by atoms with Gasteiger partial charge in [-0.25, -0.2) is 0 Å². The number of rotatable bonds is 6. The Hall–Kier alpha value is -2.41. The van der Waals surface area contributed by atoms with Gasteiger partial charge in [-0.1, -0.05) is 41.9 Å². The van der Waals surface area contributed by atoms with Gasteiger partial charge in [-0.15, -0.1) is 0 Å². The molecule has 2 atom stereocenters. The maximum Gasteiger partial charge on any atom is 0.253 e. The van der Waals surface area contributed by atoms with Gasteiger partial charge in [-0.05, 0) is 42.7 Å². The molecule has 2 unspecified atom stereocenters. The monoisotopic (exact) mass is 455 g/mol. The number of ether oxygens (including phenoxy) is 1. The quantitative estimate of drug-likeness (QED) is 0.725. The molecule has 0 aliphatic carbocycles. The van der Waals surface area contributed by atoms with Gasteiger partial charge in [0.15, 0.2) is 0 Å². The summed E-state index contributed by atoms with van der Waals surface area (Å²) in [4.78, 5) is 30.3. The molecule has 0 radical (unpaired) electrons. The first-order valence-corrected chi connectivity index (χ1v) is 11.7. The first kappa shape index (κ1) is 22.8. The van der Waals surface area contributed by atoms with E-state index >= 15 is 0 Å². The van der Waals surface area contributed by atoms with E-state index in [1.807, 2.05) is 18.2 Å². The summed E-state index contributed by atoms with van der Waals surface area (Å²) in [6.45, 7) is 5.03. The fourth-order valence-corrected chi connectivity index (χ4v) is 4.53. The molecule has 0 spiro atoms. The second-order valence-electron chi connectivity index (χ2n) is 8.48. The van der Waals surface area contributed by atoms with Crippen LogP contribution < -0.4 is 5.32 Å². The lowest BCUT2D eigenvalue weighted by Gasteiger charge is -2.34. The molecule has 0 saturated carbocycles. The SMILES string of the molecule is O=C(NC(CN1CCOCC1)c1ccccc1)C1CCCN(C(=O)c2ccc(Cl)cc2)C1. The number of amides is 2. The van der Waals surface area contributed by atoms with Crippen molar-refractivity contribution in [2.75, 3.05) is 45.9 Å². The number of hydrogen-bond donors (Lipinski definition) is 1. The van der Waals surface area contributed by atoms with E-state index in [9.17, 15) is 9.59 Å². The lowest BCUT2D eigenvalue weighted by molar-refractivity contribution is -0.127. The molecule has 2 saturated heterocycles. The van der Waals surface area contributed by atoms with Crippen LogP contribution in [0.4, 0.5) is 0 Å². The number of halogens is 1. The van der Waals surface area contributed by atoms with Gasteiger partial charge < -0.3 is 15.0 Å². The molecule has 1 N–H and O–H groups in total. The molecule has 2 heterocycles. The van der Waals surface area contributed by atoms with E-state index in [0.29, 0.717) is 23.7 Å². The molecule has 170 valence electrons. The van der Waals surface area contributed by atoms with Crippen LogP contribution in [0.15, 0.2) is 54.6 Å². The summed E-state index contributed by atoms with van der Waals surface area (Å²) >= 11 is 5.95. The minimum atomic E-state index is -0.212. The Morgan fingerprint density at radius 2 is 1.75 bits per heavy atom. The van der Waals surface area contributed by atoms with Gasteiger partial charge in [0, 0.05) is 43.3 Å². The van der Waals surface area contributed by atoms with Crippen LogP contribution in [0.5, 0.6) is 0 Å². The van der Waals surface area contributed by atoms with Crippen LogP contribution in [0, 0.1) is 5.92 Å². The summed E-state index contributed by atoms with van der Waals surface area (Å²) in [6.07, 6.45) is 1.60. The van der Waals surface area contributed by atoms with Gasteiger partial charge in [-0.2, -0.15) is 0 Å². The summed E-state index contributed by atoms with van der Waals surface area (Å²) in [5, 5.41) is 3.88. The van der Waals surface area contributed by atoms with E-state index in [1.165, 1.54) is 0 Å². The second-order valence-corrected chi connectivity index (χ2v) is 8.92. The largest absolute Gasteiger partial charge is 0.379 e. The number of hydrogen-bond acceptors (Lipinski definition) is 4. The van der Waals surface area contributed by atoms with Gasteiger partial charge in [0.1, 0.15) is 0 Å². The Kier molecular flexibility index (Phi) is 7.79. The molecule has 2 aliphatic heterocycles. The Morgan fingerprint density at radius 3 is 2.47 bits per heavy atom. The standard InChI is InChI=1S/C25H30ClN3O3/c26-22-10-8-20(9-11-22)25(31)29-12-4-7-21(17-29)24(30)27-23(19-5-2-1-3-6-19)18-28-13-15-32-16-14-28/h1-3,5-6,8-11,21,23H,4,7,12-18H2,(H,27,30). The van der Waals surface area contributed by atoms with Gasteiger partial charge in [-0.3, -0.25) is 14.5 Å². The van der Waals surface area contributed by atoms with Crippen molar-refractivity contribution in [1.29, 1.82) is 0 Å². The number of likely N-dealkylation sites (tertiary alicyclic amines) is 1. The van der Waals surface area contributed by atoms with Gasteiger partial charge in [0.05, 0.1) is 25.2 Å². The zero-order valence-corrected chi connectivity index (χ0v) is 19.0. The molecule has 0 bridgehead atoms. The molecule has 2 aromatic rings. The molecule has 4 rings (SSSR count). The van der Waals surface area contributed by atoms with Crippen molar-refractivity contribution in [3.05, 3.63) is 70.7 Å². The summed E-state index contributed by atoms with van der Waals surface area (Å²) in [6, 6.07) is 16.9. The van der Waals surface area contributed by atoms with E-state index in [1.54, 1.807) is 29.2 Å². The average Bonchev–Trinajstić information content (AvgIpc) is 2.85. The fraction of sp³-hybridized carbons (Fsp3) is 0.440. The first-order chi connectivity index (χ1) is 15.6. The zero-order chi connectivity index (χ0) is 22.3. The zero-order valence-electron chi connectivity index (χ0n) is 18.2. The Morgan fingerprint density at radius 1 is 1.03 bits per heavy atom. The van der Waals surface area contributed by atoms with Crippen LogP contribution in [0.25, 0.3) is 0 Å². The van der Waals surface area contributed by atoms with Gasteiger partial charge in [0.2, 0.25) is 5.91 Å². The molecule has 7 heteroatoms. The highest BCUT2D eigenvalue weighted by atomic mass is 35.5. The van der Waals surface area contributed by atoms with Crippen LogP contribution in [0.3, 0.4) is 0 Å². The van der Waals surface area contributed by atoms with Crippen molar-refractivity contribution in [2.45, 2.75) is 18.9 Å². The number of morpholine rings is 1. The minimum Gasteiger partial charge on any atom is -0.379 e. The maximum absolute atomic E-state index is 13.3. The predicted molar refractivity (Wildman–Crippen MR) is 125 cm³/mol. The first-order valence-electron chi connectivity index (χ1n) is 11.3. The lowest BCUT2D eigenvalue weighted by atomic mass is 9.95. The molecule has 2 aromatic carbocycles. The summed E-state index contributed by atoms with van der Waals surface area (Å²) < 4.78 is 5.47. The van der Waals surface area contributed by atoms with Crippen molar-refractivity contribution < 1.29 is 14.3 Å². The highest BCUT2D eigenvalue weighted by molar-refractivity contribution is 6.30. The topological polar surface area (TPSA) is 61.9 Å². The Labute approximate surface area is 194 Å². The van der Waals surface area contributed by atoms with Gasteiger partial charge >= 0.3 is 0 Å². The van der Waals surface area contributed by atoms with Crippen LogP contribution in [-0.2, 0) is 9.53 Å². The molecular weight excluding hydrogens is 426 g/mol. The molecule has 6 nitrogen and oxygen atoms in total. The molecule has 2 fully saturated rings. The number of nitrogens with zero attached hydrogens (tertiary/aromatic N) is 2. The Bertz CT molecular complexity index is 900. The third-order valence-corrected chi connectivity index (χ3v) is 6.49. The summed E-state index contributed by atoms with van der Waals surface area (Å²) in [7, 11) is 0. The minimum absolute atomic E-state index is 0.0146. The van der Waals surface area contributed by atoms with Crippen LogP contribution in [-0.4, -0.2) is 67.6 Å². The smallest absolute Gasteiger partial charge is 0.253 e. The van der Waals surface area contributed by atoms with E-state index < -0.39 is 0 Å². The van der Waals surface area contributed by atoms with E-state index in [2.05, 4.69) is 22.3 Å². The number of carbonyl (C=O) groups excluding carboxylic acids is 2. The van der Waals surface area contributed by atoms with Crippen LogP contribution in [0.2, 0.25) is 5.02 Å². The van der Waals surface area contributed by atoms with Crippen molar-refractivity contribution in [1.82, 2.24) is 15.1 Å².